The van der Waals surface area contributed by atoms with Gasteiger partial charge in [-0.05, 0) is 40.0 Å². The van der Waals surface area contributed by atoms with E-state index in [1.54, 1.807) is 0 Å². The predicted octanol–water partition coefficient (Wildman–Crippen LogP) is 3.78. The number of carbonyl (C=O) groups excluding carboxylic acids is 1. The second-order valence-electron chi connectivity index (χ2n) is 4.59. The third-order valence-corrected chi connectivity index (χ3v) is 3.80. The monoisotopic (exact) mass is 352 g/mol. The topological polar surface area (TPSA) is 55.1 Å². The fourth-order valence-corrected chi connectivity index (χ4v) is 1.87. The van der Waals surface area contributed by atoms with Gasteiger partial charge in [-0.1, -0.05) is 20.3 Å². The zero-order valence-corrected chi connectivity index (χ0v) is 12.7. The molecule has 0 saturated heterocycles. The maximum absolute atomic E-state index is 12.6. The van der Waals surface area contributed by atoms with Gasteiger partial charge < -0.3 is 11.1 Å². The fraction of sp³-hybridized carbons (Fsp3) is 0.462. The van der Waals surface area contributed by atoms with Gasteiger partial charge in [0.1, 0.15) is 0 Å². The van der Waals surface area contributed by atoms with E-state index < -0.39 is 23.7 Å². The van der Waals surface area contributed by atoms with E-state index in [0.717, 1.165) is 12.1 Å². The van der Waals surface area contributed by atoms with Crippen LogP contribution in [0.5, 0.6) is 0 Å². The van der Waals surface area contributed by atoms with Crippen LogP contribution in [0.25, 0.3) is 0 Å². The Morgan fingerprint density at radius 1 is 1.45 bits per heavy atom. The first-order valence-corrected chi connectivity index (χ1v) is 6.89. The minimum absolute atomic E-state index is 0.0559. The highest BCUT2D eigenvalue weighted by Gasteiger charge is 2.31. The molecule has 1 amide bonds. The predicted molar refractivity (Wildman–Crippen MR) is 75.2 cm³/mol. The Morgan fingerprint density at radius 2 is 2.05 bits per heavy atom. The van der Waals surface area contributed by atoms with Gasteiger partial charge in [0.2, 0.25) is 5.91 Å². The second kappa shape index (κ2) is 6.58. The van der Waals surface area contributed by atoms with Crippen LogP contribution in [0.15, 0.2) is 22.7 Å². The minimum Gasteiger partial charge on any atom is -0.324 e. The summed E-state index contributed by atoms with van der Waals surface area (Å²) in [5, 5.41) is 2.43. The summed E-state index contributed by atoms with van der Waals surface area (Å²) in [6.45, 7) is 3.70. The highest BCUT2D eigenvalue weighted by molar-refractivity contribution is 9.10. The summed E-state index contributed by atoms with van der Waals surface area (Å²) >= 11 is 3.11. The van der Waals surface area contributed by atoms with Crippen molar-refractivity contribution in [3.05, 3.63) is 28.2 Å². The molecule has 3 nitrogen and oxygen atoms in total. The van der Waals surface area contributed by atoms with Crippen molar-refractivity contribution in [1.29, 1.82) is 0 Å². The molecular weight excluding hydrogens is 337 g/mol. The summed E-state index contributed by atoms with van der Waals surface area (Å²) in [5.74, 6) is -0.557. The van der Waals surface area contributed by atoms with Gasteiger partial charge in [0.15, 0.2) is 0 Å². The van der Waals surface area contributed by atoms with Crippen molar-refractivity contribution in [2.24, 2.45) is 11.7 Å². The van der Waals surface area contributed by atoms with Crippen molar-refractivity contribution in [1.82, 2.24) is 0 Å². The maximum atomic E-state index is 12.6. The van der Waals surface area contributed by atoms with Gasteiger partial charge >= 0.3 is 6.18 Å². The van der Waals surface area contributed by atoms with E-state index in [2.05, 4.69) is 21.2 Å². The Kier molecular flexibility index (Phi) is 5.59. The Balaban J connectivity index is 2.95. The number of hydrogen-bond donors (Lipinski definition) is 2. The van der Waals surface area contributed by atoms with Crippen LogP contribution in [0.2, 0.25) is 0 Å². The molecule has 2 atom stereocenters. The van der Waals surface area contributed by atoms with Crippen LogP contribution in [0, 0.1) is 5.92 Å². The summed E-state index contributed by atoms with van der Waals surface area (Å²) in [4.78, 5) is 11.9. The number of halogens is 4. The lowest BCUT2D eigenvalue weighted by molar-refractivity contribution is -0.137. The molecule has 0 fully saturated rings. The highest BCUT2D eigenvalue weighted by atomic mass is 79.9. The van der Waals surface area contributed by atoms with E-state index in [-0.39, 0.29) is 11.6 Å². The lowest BCUT2D eigenvalue weighted by Gasteiger charge is -2.19. The third-order valence-electron chi connectivity index (χ3n) is 3.11. The number of amides is 1. The van der Waals surface area contributed by atoms with Crippen molar-refractivity contribution in [3.63, 3.8) is 0 Å². The molecular formula is C13H16BrF3N2O. The van der Waals surface area contributed by atoms with E-state index in [1.165, 1.54) is 6.07 Å². The summed E-state index contributed by atoms with van der Waals surface area (Å²) in [6.07, 6.45) is -3.75. The minimum atomic E-state index is -4.46. The normalized spacial score (nSPS) is 14.8. The first-order valence-electron chi connectivity index (χ1n) is 6.10. The quantitative estimate of drug-likeness (QED) is 0.866. The maximum Gasteiger partial charge on any atom is 0.416 e. The van der Waals surface area contributed by atoms with Gasteiger partial charge in [-0.15, -0.1) is 0 Å². The van der Waals surface area contributed by atoms with Crippen molar-refractivity contribution < 1.29 is 18.0 Å². The molecule has 0 spiro atoms. The second-order valence-corrected chi connectivity index (χ2v) is 5.45. The van der Waals surface area contributed by atoms with E-state index in [0.29, 0.717) is 10.9 Å². The molecule has 1 rings (SSSR count). The Bertz CT molecular complexity index is 491. The molecule has 7 heteroatoms. The molecule has 0 radical (unpaired) electrons. The molecule has 0 saturated carbocycles. The van der Waals surface area contributed by atoms with Crippen molar-refractivity contribution in [3.8, 4) is 0 Å². The summed E-state index contributed by atoms with van der Waals surface area (Å²) in [5.41, 5.74) is 4.98. The van der Waals surface area contributed by atoms with Gasteiger partial charge in [-0.25, -0.2) is 0 Å². The molecule has 0 heterocycles. The van der Waals surface area contributed by atoms with Crippen LogP contribution in [0.4, 0.5) is 18.9 Å². The van der Waals surface area contributed by atoms with Gasteiger partial charge in [0.25, 0.3) is 0 Å². The van der Waals surface area contributed by atoms with E-state index in [9.17, 15) is 18.0 Å². The third kappa shape index (κ3) is 4.21. The SMILES string of the molecule is CCC(C)[C@H](N)C(=O)Nc1cc(C(F)(F)F)ccc1Br. The summed E-state index contributed by atoms with van der Waals surface area (Å²) in [6, 6.07) is 2.30. The number of nitrogens with one attached hydrogen (secondary N) is 1. The van der Waals surface area contributed by atoms with Gasteiger partial charge in [0, 0.05) is 4.47 Å². The molecule has 0 aliphatic carbocycles. The van der Waals surface area contributed by atoms with E-state index >= 15 is 0 Å². The van der Waals surface area contributed by atoms with Crippen LogP contribution in [0.3, 0.4) is 0 Å². The molecule has 0 aromatic heterocycles. The van der Waals surface area contributed by atoms with Crippen LogP contribution >= 0.6 is 15.9 Å². The number of carbonyl (C=O) groups is 1. The smallest absolute Gasteiger partial charge is 0.324 e. The molecule has 112 valence electrons. The van der Waals surface area contributed by atoms with Crippen molar-refractivity contribution in [2.75, 3.05) is 5.32 Å². The summed E-state index contributed by atoms with van der Waals surface area (Å²) in [7, 11) is 0. The molecule has 0 aliphatic rings. The zero-order chi connectivity index (χ0) is 15.5. The number of anilines is 1. The number of rotatable bonds is 4. The molecule has 1 aromatic carbocycles. The first-order chi connectivity index (χ1) is 9.16. The van der Waals surface area contributed by atoms with Gasteiger partial charge in [0.05, 0.1) is 17.3 Å². The van der Waals surface area contributed by atoms with Crippen molar-refractivity contribution in [2.45, 2.75) is 32.5 Å². The van der Waals surface area contributed by atoms with Crippen LogP contribution in [-0.2, 0) is 11.0 Å². The standard InChI is InChI=1S/C13H16BrF3N2O/c1-3-7(2)11(18)12(20)19-10-6-8(13(15,16)17)4-5-9(10)14/h4-7,11H,3,18H2,1-2H3,(H,19,20)/t7?,11-/m0/s1. The number of alkyl halides is 3. The lowest BCUT2D eigenvalue weighted by Crippen LogP contribution is -2.40. The lowest BCUT2D eigenvalue weighted by atomic mass is 9.99. The Hall–Kier alpha value is -1.08. The Morgan fingerprint density at radius 3 is 2.55 bits per heavy atom. The van der Waals surface area contributed by atoms with Gasteiger partial charge in [-0.2, -0.15) is 13.2 Å². The molecule has 20 heavy (non-hydrogen) atoms. The molecule has 3 N–H and O–H groups in total. The number of nitrogens with two attached hydrogens (primary N) is 1. The summed E-state index contributed by atoms with van der Waals surface area (Å²) < 4.78 is 38.2. The van der Waals surface area contributed by atoms with Crippen molar-refractivity contribution >= 4 is 27.5 Å². The molecule has 1 aromatic rings. The Labute approximate surface area is 123 Å². The molecule has 0 aliphatic heterocycles. The van der Waals surface area contributed by atoms with E-state index in [1.807, 2.05) is 13.8 Å². The highest BCUT2D eigenvalue weighted by Crippen LogP contribution is 2.34. The average Bonchev–Trinajstić information content (AvgIpc) is 2.38. The first kappa shape index (κ1) is 17.0. The van der Waals surface area contributed by atoms with Gasteiger partial charge in [-0.3, -0.25) is 4.79 Å². The fourth-order valence-electron chi connectivity index (χ4n) is 1.53. The van der Waals surface area contributed by atoms with Crippen LogP contribution < -0.4 is 11.1 Å². The molecule has 0 bridgehead atoms. The van der Waals surface area contributed by atoms with Crippen LogP contribution in [0.1, 0.15) is 25.8 Å². The van der Waals surface area contributed by atoms with E-state index in [4.69, 9.17) is 5.73 Å². The largest absolute Gasteiger partial charge is 0.416 e. The average molecular weight is 353 g/mol. The zero-order valence-electron chi connectivity index (χ0n) is 11.1. The molecule has 1 unspecified atom stereocenters. The number of benzene rings is 1. The number of hydrogen-bond acceptors (Lipinski definition) is 2. The van der Waals surface area contributed by atoms with Crippen LogP contribution in [-0.4, -0.2) is 11.9 Å².